The molecule has 0 aliphatic carbocycles. The van der Waals surface area contributed by atoms with Crippen LogP contribution in [0.25, 0.3) is 0 Å². The summed E-state index contributed by atoms with van der Waals surface area (Å²) < 4.78 is 0. The Balaban J connectivity index is 1.40. The molecule has 0 saturated carbocycles. The first kappa shape index (κ1) is 17.4. The minimum atomic E-state index is -0.0525. The van der Waals surface area contributed by atoms with Crippen molar-refractivity contribution in [2.75, 3.05) is 24.5 Å². The normalized spacial score (nSPS) is 16.4. The number of carbonyl (C=O) groups excluding carboxylic acids is 1. The highest BCUT2D eigenvalue weighted by Crippen LogP contribution is 2.22. The Hall–Kier alpha value is -2.40. The average molecular weight is 338 g/mol. The number of nitrogens with one attached hydrogen (secondary N) is 1. The van der Waals surface area contributed by atoms with Crippen LogP contribution in [0.4, 0.5) is 5.69 Å². The number of rotatable bonds is 6. The van der Waals surface area contributed by atoms with Crippen LogP contribution in [0.1, 0.15) is 18.4 Å². The van der Waals surface area contributed by atoms with Crippen molar-refractivity contribution in [1.29, 1.82) is 0 Å². The van der Waals surface area contributed by atoms with E-state index in [1.165, 1.54) is 11.3 Å². The third kappa shape index (κ3) is 5.03. The van der Waals surface area contributed by atoms with Crippen LogP contribution in [0, 0.1) is 5.92 Å². The van der Waals surface area contributed by atoms with E-state index in [1.807, 2.05) is 42.7 Å². The maximum atomic E-state index is 12.4. The summed E-state index contributed by atoms with van der Waals surface area (Å²) in [4.78, 5) is 18.8. The molecule has 1 aromatic carbocycles. The van der Waals surface area contributed by atoms with Gasteiger partial charge < -0.3 is 16.0 Å². The van der Waals surface area contributed by atoms with Crippen LogP contribution >= 0.6 is 0 Å². The molecule has 1 aliphatic heterocycles. The predicted molar refractivity (Wildman–Crippen MR) is 100 cm³/mol. The number of piperidine rings is 1. The highest BCUT2D eigenvalue weighted by atomic mass is 16.1. The summed E-state index contributed by atoms with van der Waals surface area (Å²) in [5.41, 5.74) is 8.54. The Labute approximate surface area is 149 Å². The largest absolute Gasteiger partial charge is 0.371 e. The molecule has 1 amide bonds. The Kier molecular flexibility index (Phi) is 6.01. The fourth-order valence-corrected chi connectivity index (χ4v) is 3.32. The Morgan fingerprint density at radius 3 is 2.52 bits per heavy atom. The van der Waals surface area contributed by atoms with Gasteiger partial charge in [0, 0.05) is 49.7 Å². The predicted octanol–water partition coefficient (Wildman–Crippen LogP) is 1.98. The maximum Gasteiger partial charge on any atom is 0.223 e. The molecule has 0 radical (unpaired) electrons. The van der Waals surface area contributed by atoms with Crippen molar-refractivity contribution in [1.82, 2.24) is 10.3 Å². The van der Waals surface area contributed by atoms with Gasteiger partial charge in [0.25, 0.3) is 0 Å². The molecule has 0 bridgehead atoms. The van der Waals surface area contributed by atoms with Crippen molar-refractivity contribution >= 4 is 11.6 Å². The van der Waals surface area contributed by atoms with Crippen molar-refractivity contribution in [2.45, 2.75) is 25.3 Å². The molecule has 2 aromatic rings. The van der Waals surface area contributed by atoms with Crippen molar-refractivity contribution in [3.63, 3.8) is 0 Å². The van der Waals surface area contributed by atoms with Crippen molar-refractivity contribution in [3.05, 3.63) is 60.4 Å². The fourth-order valence-electron chi connectivity index (χ4n) is 3.32. The number of hydrogen-bond acceptors (Lipinski definition) is 4. The number of nitrogens with two attached hydrogens (primary N) is 1. The smallest absolute Gasteiger partial charge is 0.223 e. The summed E-state index contributed by atoms with van der Waals surface area (Å²) in [5.74, 6) is 0.222. The number of amides is 1. The standard InChI is InChI=1S/C20H26N4O/c21-18(14-16-4-2-1-3-5-16)15-23-20(25)17-8-12-24(13-9-17)19-6-10-22-11-7-19/h1-7,10-11,17-18H,8-9,12-15,21H2,(H,23,25). The van der Waals surface area contributed by atoms with Crippen LogP contribution in [-0.4, -0.2) is 36.6 Å². The minimum Gasteiger partial charge on any atom is -0.371 e. The molecule has 25 heavy (non-hydrogen) atoms. The molecular formula is C20H26N4O. The number of pyridine rings is 1. The summed E-state index contributed by atoms with van der Waals surface area (Å²) in [6.07, 6.45) is 6.15. The van der Waals surface area contributed by atoms with E-state index >= 15 is 0 Å². The zero-order chi connectivity index (χ0) is 17.5. The van der Waals surface area contributed by atoms with Crippen LogP contribution in [-0.2, 0) is 11.2 Å². The van der Waals surface area contributed by atoms with Gasteiger partial charge in [0.15, 0.2) is 0 Å². The van der Waals surface area contributed by atoms with E-state index in [0.29, 0.717) is 6.54 Å². The Morgan fingerprint density at radius 2 is 1.84 bits per heavy atom. The molecule has 132 valence electrons. The van der Waals surface area contributed by atoms with E-state index in [2.05, 4.69) is 27.3 Å². The lowest BCUT2D eigenvalue weighted by Gasteiger charge is -2.33. The lowest BCUT2D eigenvalue weighted by atomic mass is 9.95. The van der Waals surface area contributed by atoms with Gasteiger partial charge in [-0.2, -0.15) is 0 Å². The summed E-state index contributed by atoms with van der Waals surface area (Å²) in [6.45, 7) is 2.33. The lowest BCUT2D eigenvalue weighted by Crippen LogP contribution is -2.44. The van der Waals surface area contributed by atoms with Crippen LogP contribution in [0.2, 0.25) is 0 Å². The second kappa shape index (κ2) is 8.62. The molecule has 1 atom stereocenters. The fraction of sp³-hybridized carbons (Fsp3) is 0.400. The van der Waals surface area contributed by atoms with Gasteiger partial charge in [-0.15, -0.1) is 0 Å². The molecule has 5 nitrogen and oxygen atoms in total. The second-order valence-electron chi connectivity index (χ2n) is 6.66. The van der Waals surface area contributed by atoms with Gasteiger partial charge in [0.2, 0.25) is 5.91 Å². The average Bonchev–Trinajstić information content (AvgIpc) is 2.68. The quantitative estimate of drug-likeness (QED) is 0.845. The first-order valence-electron chi connectivity index (χ1n) is 8.94. The van der Waals surface area contributed by atoms with Crippen molar-refractivity contribution < 1.29 is 4.79 Å². The number of benzene rings is 1. The number of nitrogens with zero attached hydrogens (tertiary/aromatic N) is 2. The van der Waals surface area contributed by atoms with Gasteiger partial charge in [0.05, 0.1) is 0 Å². The Morgan fingerprint density at radius 1 is 1.16 bits per heavy atom. The summed E-state index contributed by atoms with van der Waals surface area (Å²) in [6, 6.07) is 14.1. The van der Waals surface area contributed by atoms with Gasteiger partial charge in [0.1, 0.15) is 0 Å². The first-order valence-corrected chi connectivity index (χ1v) is 8.94. The van der Waals surface area contributed by atoms with E-state index in [-0.39, 0.29) is 17.9 Å². The molecule has 0 spiro atoms. The number of aromatic nitrogens is 1. The van der Waals surface area contributed by atoms with Gasteiger partial charge in [-0.25, -0.2) is 0 Å². The van der Waals surface area contributed by atoms with E-state index in [1.54, 1.807) is 0 Å². The monoisotopic (exact) mass is 338 g/mol. The topological polar surface area (TPSA) is 71.2 Å². The SMILES string of the molecule is NC(CNC(=O)C1CCN(c2ccncc2)CC1)Cc1ccccc1. The van der Waals surface area contributed by atoms with E-state index < -0.39 is 0 Å². The number of hydrogen-bond donors (Lipinski definition) is 2. The Bertz CT molecular complexity index is 654. The third-order valence-corrected chi connectivity index (χ3v) is 4.77. The number of carbonyl (C=O) groups is 1. The summed E-state index contributed by atoms with van der Waals surface area (Å²) >= 11 is 0. The van der Waals surface area contributed by atoms with Gasteiger partial charge in [-0.05, 0) is 37.0 Å². The van der Waals surface area contributed by atoms with E-state index in [4.69, 9.17) is 5.73 Å². The van der Waals surface area contributed by atoms with E-state index in [9.17, 15) is 4.79 Å². The molecule has 3 N–H and O–H groups in total. The molecule has 1 fully saturated rings. The van der Waals surface area contributed by atoms with Gasteiger partial charge >= 0.3 is 0 Å². The van der Waals surface area contributed by atoms with Crippen LogP contribution < -0.4 is 16.0 Å². The highest BCUT2D eigenvalue weighted by molar-refractivity contribution is 5.79. The van der Waals surface area contributed by atoms with Crippen molar-refractivity contribution in [2.24, 2.45) is 11.7 Å². The maximum absolute atomic E-state index is 12.4. The molecule has 1 unspecified atom stereocenters. The summed E-state index contributed by atoms with van der Waals surface area (Å²) in [7, 11) is 0. The first-order chi connectivity index (χ1) is 12.2. The molecule has 5 heteroatoms. The van der Waals surface area contributed by atoms with Gasteiger partial charge in [-0.3, -0.25) is 9.78 Å². The minimum absolute atomic E-state index is 0.0525. The van der Waals surface area contributed by atoms with Crippen LogP contribution in [0.15, 0.2) is 54.9 Å². The molecule has 1 aromatic heterocycles. The highest BCUT2D eigenvalue weighted by Gasteiger charge is 2.25. The zero-order valence-corrected chi connectivity index (χ0v) is 14.5. The molecular weight excluding hydrogens is 312 g/mol. The summed E-state index contributed by atoms with van der Waals surface area (Å²) in [5, 5.41) is 3.03. The third-order valence-electron chi connectivity index (χ3n) is 4.77. The molecule has 2 heterocycles. The van der Waals surface area contributed by atoms with Crippen molar-refractivity contribution in [3.8, 4) is 0 Å². The molecule has 1 saturated heterocycles. The second-order valence-corrected chi connectivity index (χ2v) is 6.66. The zero-order valence-electron chi connectivity index (χ0n) is 14.5. The van der Waals surface area contributed by atoms with Crippen LogP contribution in [0.3, 0.4) is 0 Å². The molecule has 1 aliphatic rings. The molecule has 3 rings (SSSR count). The van der Waals surface area contributed by atoms with E-state index in [0.717, 1.165) is 32.4 Å². The number of anilines is 1. The van der Waals surface area contributed by atoms with Gasteiger partial charge in [-0.1, -0.05) is 30.3 Å². The van der Waals surface area contributed by atoms with Crippen LogP contribution in [0.5, 0.6) is 0 Å². The lowest BCUT2D eigenvalue weighted by molar-refractivity contribution is -0.125.